The highest BCUT2D eigenvalue weighted by Gasteiger charge is 2.47. The van der Waals surface area contributed by atoms with Crippen LogP contribution in [0.4, 0.5) is 0 Å². The van der Waals surface area contributed by atoms with Crippen molar-refractivity contribution in [3.8, 4) is 0 Å². The van der Waals surface area contributed by atoms with Crippen LogP contribution in [0.3, 0.4) is 0 Å². The summed E-state index contributed by atoms with van der Waals surface area (Å²) in [5, 5.41) is 0. The minimum Gasteiger partial charge on any atom is -0.358 e. The maximum absolute atomic E-state index is 12.1. The maximum atomic E-state index is 12.1. The van der Waals surface area contributed by atoms with Gasteiger partial charge in [-0.3, -0.25) is 4.79 Å². The molecule has 0 N–H and O–H groups in total. The van der Waals surface area contributed by atoms with Crippen LogP contribution in [0.5, 0.6) is 0 Å². The van der Waals surface area contributed by atoms with E-state index in [0.29, 0.717) is 6.61 Å². The molecule has 0 radical (unpaired) electrons. The first-order valence-corrected chi connectivity index (χ1v) is 8.44. The summed E-state index contributed by atoms with van der Waals surface area (Å²) >= 11 is 0. The van der Waals surface area contributed by atoms with Crippen LogP contribution in [-0.4, -0.2) is 49.2 Å². The van der Waals surface area contributed by atoms with Crippen molar-refractivity contribution in [3.63, 3.8) is 0 Å². The first kappa shape index (κ1) is 15.3. The Balaban J connectivity index is 1.45. The summed E-state index contributed by atoms with van der Waals surface area (Å²) in [6.45, 7) is 4.27. The average Bonchev–Trinajstić information content (AvgIpc) is 2.55. The van der Waals surface area contributed by atoms with E-state index in [1.807, 2.05) is 11.8 Å². The minimum absolute atomic E-state index is 0.00150. The maximum Gasteiger partial charge on any atom is 0.229 e. The van der Waals surface area contributed by atoms with E-state index in [0.717, 1.165) is 51.7 Å². The Morgan fingerprint density at radius 3 is 2.57 bits per heavy atom. The highest BCUT2D eigenvalue weighted by Crippen LogP contribution is 2.34. The smallest absolute Gasteiger partial charge is 0.229 e. The molecular weight excluding hydrogens is 270 g/mol. The highest BCUT2D eigenvalue weighted by atomic mass is 16.7. The van der Waals surface area contributed by atoms with E-state index in [9.17, 15) is 4.79 Å². The Morgan fingerprint density at radius 2 is 1.90 bits per heavy atom. The Labute approximate surface area is 126 Å². The fraction of sp³-hybridized carbons (Fsp3) is 0.938. The number of carbonyl (C=O) groups excluding carboxylic acids is 1. The molecule has 0 aromatic carbocycles. The van der Waals surface area contributed by atoms with Crippen LogP contribution in [0.1, 0.15) is 51.9 Å². The van der Waals surface area contributed by atoms with Gasteiger partial charge in [-0.05, 0) is 44.9 Å². The van der Waals surface area contributed by atoms with Gasteiger partial charge in [0.05, 0.1) is 12.5 Å². The number of hydrogen-bond donors (Lipinski definition) is 0. The first-order chi connectivity index (χ1) is 10.3. The zero-order valence-electron chi connectivity index (χ0n) is 13.0. The molecule has 4 unspecified atom stereocenters. The summed E-state index contributed by atoms with van der Waals surface area (Å²) < 4.78 is 17.1. The van der Waals surface area contributed by atoms with Gasteiger partial charge in [0, 0.05) is 19.3 Å². The molecular formula is C16H27NO4. The van der Waals surface area contributed by atoms with Crippen LogP contribution in [0, 0.1) is 5.92 Å². The van der Waals surface area contributed by atoms with Crippen molar-refractivity contribution in [2.75, 3.05) is 19.8 Å². The number of ether oxygens (including phenoxy) is 3. The molecule has 3 heterocycles. The number of nitrogens with zero attached hydrogens (tertiary/aromatic N) is 1. The lowest BCUT2D eigenvalue weighted by molar-refractivity contribution is -0.194. The number of β-lactam (4-membered cyclic amide) rings is 1. The van der Waals surface area contributed by atoms with E-state index >= 15 is 0 Å². The van der Waals surface area contributed by atoms with E-state index in [1.54, 1.807) is 0 Å². The Hall–Kier alpha value is -0.650. The fourth-order valence-electron chi connectivity index (χ4n) is 3.57. The number of likely N-dealkylation sites (tertiary alicyclic amines) is 1. The average molecular weight is 297 g/mol. The van der Waals surface area contributed by atoms with Crippen LogP contribution in [0.25, 0.3) is 0 Å². The third-order valence-electron chi connectivity index (χ3n) is 4.90. The zero-order valence-corrected chi connectivity index (χ0v) is 13.0. The van der Waals surface area contributed by atoms with E-state index in [4.69, 9.17) is 14.2 Å². The van der Waals surface area contributed by atoms with Crippen molar-refractivity contribution in [3.05, 3.63) is 0 Å². The van der Waals surface area contributed by atoms with E-state index in [1.165, 1.54) is 6.42 Å². The molecule has 4 atom stereocenters. The quantitative estimate of drug-likeness (QED) is 0.731. The molecule has 0 aromatic heterocycles. The Kier molecular flexibility index (Phi) is 5.14. The molecule has 3 saturated heterocycles. The van der Waals surface area contributed by atoms with Crippen LogP contribution < -0.4 is 0 Å². The largest absolute Gasteiger partial charge is 0.358 e. The van der Waals surface area contributed by atoms with Gasteiger partial charge in [0.25, 0.3) is 0 Å². The second kappa shape index (κ2) is 7.07. The van der Waals surface area contributed by atoms with Gasteiger partial charge in [-0.1, -0.05) is 6.92 Å². The van der Waals surface area contributed by atoms with Crippen LogP contribution >= 0.6 is 0 Å². The normalized spacial score (nSPS) is 37.4. The fourth-order valence-corrected chi connectivity index (χ4v) is 3.57. The van der Waals surface area contributed by atoms with Gasteiger partial charge in [-0.25, -0.2) is 0 Å². The van der Waals surface area contributed by atoms with Gasteiger partial charge >= 0.3 is 0 Å². The monoisotopic (exact) mass is 297 g/mol. The van der Waals surface area contributed by atoms with Crippen molar-refractivity contribution < 1.29 is 19.0 Å². The molecule has 3 aliphatic heterocycles. The van der Waals surface area contributed by atoms with Crippen molar-refractivity contribution in [2.45, 2.75) is 70.4 Å². The third-order valence-corrected chi connectivity index (χ3v) is 4.90. The van der Waals surface area contributed by atoms with Crippen LogP contribution in [0.2, 0.25) is 0 Å². The van der Waals surface area contributed by atoms with Crippen molar-refractivity contribution in [2.24, 2.45) is 5.92 Å². The van der Waals surface area contributed by atoms with Gasteiger partial charge in [0.1, 0.15) is 6.23 Å². The Bertz CT molecular complexity index is 350. The molecule has 3 rings (SSSR count). The molecule has 21 heavy (non-hydrogen) atoms. The molecule has 0 aliphatic carbocycles. The molecule has 5 heteroatoms. The summed E-state index contributed by atoms with van der Waals surface area (Å²) in [6, 6.07) is 0.268. The predicted molar refractivity (Wildman–Crippen MR) is 77.5 cm³/mol. The summed E-state index contributed by atoms with van der Waals surface area (Å²) in [4.78, 5) is 14.1. The van der Waals surface area contributed by atoms with Crippen molar-refractivity contribution in [1.29, 1.82) is 0 Å². The van der Waals surface area contributed by atoms with E-state index in [-0.39, 0.29) is 30.4 Å². The predicted octanol–water partition coefficient (Wildman–Crippen LogP) is 2.29. The molecule has 3 aliphatic rings. The summed E-state index contributed by atoms with van der Waals surface area (Å²) in [5.74, 6) is 0.340. The van der Waals surface area contributed by atoms with Gasteiger partial charge in [0.2, 0.25) is 5.91 Å². The summed E-state index contributed by atoms with van der Waals surface area (Å²) in [5.41, 5.74) is 0. The second-order valence-corrected chi connectivity index (χ2v) is 6.38. The topological polar surface area (TPSA) is 48.0 Å². The SMILES string of the molecule is CC1C(=O)N(C2CCCCO2)C1CCOC1CCCCO1. The van der Waals surface area contributed by atoms with Gasteiger partial charge in [-0.15, -0.1) is 0 Å². The summed E-state index contributed by atoms with van der Waals surface area (Å²) in [7, 11) is 0. The molecule has 0 aromatic rings. The van der Waals surface area contributed by atoms with Gasteiger partial charge < -0.3 is 19.1 Å². The number of rotatable bonds is 5. The van der Waals surface area contributed by atoms with Crippen molar-refractivity contribution >= 4 is 5.91 Å². The zero-order chi connectivity index (χ0) is 14.7. The molecule has 0 bridgehead atoms. The van der Waals surface area contributed by atoms with Crippen molar-refractivity contribution in [1.82, 2.24) is 4.90 Å². The third kappa shape index (κ3) is 3.41. The number of carbonyl (C=O) groups is 1. The molecule has 120 valence electrons. The number of amides is 1. The molecule has 3 fully saturated rings. The highest BCUT2D eigenvalue weighted by molar-refractivity contribution is 5.85. The standard InChI is InChI=1S/C16H27NO4/c1-12-13(8-11-21-15-7-3-5-10-20-15)17(16(12)18)14-6-2-4-9-19-14/h12-15H,2-11H2,1H3. The van der Waals surface area contributed by atoms with E-state index in [2.05, 4.69) is 0 Å². The minimum atomic E-state index is -0.0378. The summed E-state index contributed by atoms with van der Waals surface area (Å²) in [6.07, 6.45) is 7.40. The molecule has 5 nitrogen and oxygen atoms in total. The Morgan fingerprint density at radius 1 is 1.14 bits per heavy atom. The molecule has 1 amide bonds. The number of hydrogen-bond acceptors (Lipinski definition) is 4. The molecule has 0 saturated carbocycles. The van der Waals surface area contributed by atoms with Gasteiger partial charge in [0.15, 0.2) is 6.29 Å². The van der Waals surface area contributed by atoms with Crippen LogP contribution in [0.15, 0.2) is 0 Å². The van der Waals surface area contributed by atoms with Gasteiger partial charge in [-0.2, -0.15) is 0 Å². The van der Waals surface area contributed by atoms with E-state index < -0.39 is 0 Å². The lowest BCUT2D eigenvalue weighted by Gasteiger charge is -2.50. The first-order valence-electron chi connectivity index (χ1n) is 8.44. The molecule has 0 spiro atoms. The lowest BCUT2D eigenvalue weighted by Crippen LogP contribution is -2.64. The van der Waals surface area contributed by atoms with Crippen LogP contribution in [-0.2, 0) is 19.0 Å². The lowest BCUT2D eigenvalue weighted by atomic mass is 9.86. The second-order valence-electron chi connectivity index (χ2n) is 6.38.